The molecule has 0 radical (unpaired) electrons. The fraction of sp³-hybridized carbons (Fsp3) is 0.216. The molecule has 0 aliphatic heterocycles. The number of thiocarbonyl (C=S) groups is 1. The van der Waals surface area contributed by atoms with Crippen molar-refractivity contribution in [1.29, 1.82) is 0 Å². The second-order valence-electron chi connectivity index (χ2n) is 10.9. The largest absolute Gasteiger partial charge is 0.206 e. The Bertz CT molecular complexity index is 1800. The van der Waals surface area contributed by atoms with Gasteiger partial charge in [-0.2, -0.15) is 4.99 Å². The number of unbranched alkanes of at least 4 members (excludes halogenated alkanes) is 1. The van der Waals surface area contributed by atoms with Gasteiger partial charge in [0.25, 0.3) is 0 Å². The third-order valence-electron chi connectivity index (χ3n) is 7.91. The number of hydrogen-bond acceptors (Lipinski definition) is 2. The van der Waals surface area contributed by atoms with E-state index in [0.717, 1.165) is 61.2 Å². The summed E-state index contributed by atoms with van der Waals surface area (Å²) >= 11 is 11.3. The summed E-state index contributed by atoms with van der Waals surface area (Å²) in [6.07, 6.45) is 8.64. The van der Waals surface area contributed by atoms with Crippen molar-refractivity contribution in [2.24, 2.45) is 10.9 Å². The Kier molecular flexibility index (Phi) is 10.1. The Hall–Kier alpha value is -4.01. The molecular formula is C37H28ClF4NS. The van der Waals surface area contributed by atoms with E-state index in [1.54, 1.807) is 24.3 Å². The van der Waals surface area contributed by atoms with Crippen molar-refractivity contribution in [1.82, 2.24) is 0 Å². The van der Waals surface area contributed by atoms with Crippen LogP contribution in [0, 0.1) is 41.0 Å². The normalized spacial score (nSPS) is 14.1. The minimum absolute atomic E-state index is 0.120. The van der Waals surface area contributed by atoms with Crippen LogP contribution in [0.2, 0.25) is 5.02 Å². The lowest BCUT2D eigenvalue weighted by Gasteiger charge is -2.25. The topological polar surface area (TPSA) is 12.4 Å². The highest BCUT2D eigenvalue weighted by Gasteiger charge is 2.21. The van der Waals surface area contributed by atoms with E-state index >= 15 is 0 Å². The van der Waals surface area contributed by atoms with Gasteiger partial charge in [0.2, 0.25) is 0 Å². The molecule has 0 bridgehead atoms. The van der Waals surface area contributed by atoms with E-state index in [9.17, 15) is 17.6 Å². The van der Waals surface area contributed by atoms with Gasteiger partial charge in [-0.1, -0.05) is 67.8 Å². The summed E-state index contributed by atoms with van der Waals surface area (Å²) in [5.74, 6) is 2.86. The first kappa shape index (κ1) is 31.4. The van der Waals surface area contributed by atoms with Crippen LogP contribution < -0.4 is 0 Å². The zero-order valence-corrected chi connectivity index (χ0v) is 25.6. The standard InChI is InChI=1S/C37H28ClF4NS/c1-2-3-4-23-6-14-30-27(17-23)9-8-26(37(30)38)7-5-24-18-33(39)31(34(40)19-24)15-16-32-35(41)20-28(21-36(32)42)25-10-12-29(13-11-25)43-22-44/h8-13,15-16,18-21,23H,2-4,6,14,17H2,1H3/b16-15+. The molecule has 0 fully saturated rings. The second-order valence-corrected chi connectivity index (χ2v) is 11.4. The summed E-state index contributed by atoms with van der Waals surface area (Å²) in [5, 5.41) is 2.85. The molecular weight excluding hydrogens is 602 g/mol. The molecule has 0 heterocycles. The summed E-state index contributed by atoms with van der Waals surface area (Å²) in [6, 6.07) is 15.0. The highest BCUT2D eigenvalue weighted by Crippen LogP contribution is 2.35. The smallest absolute Gasteiger partial charge is 0.134 e. The van der Waals surface area contributed by atoms with Crippen molar-refractivity contribution in [2.75, 3.05) is 0 Å². The quantitative estimate of drug-likeness (QED) is 0.0651. The molecule has 0 amide bonds. The van der Waals surface area contributed by atoms with Gasteiger partial charge in [0.05, 0.1) is 15.9 Å². The van der Waals surface area contributed by atoms with Crippen LogP contribution in [-0.4, -0.2) is 5.16 Å². The number of benzene rings is 4. The molecule has 4 aromatic carbocycles. The van der Waals surface area contributed by atoms with Gasteiger partial charge in [0, 0.05) is 22.3 Å². The van der Waals surface area contributed by atoms with Gasteiger partial charge >= 0.3 is 0 Å². The first-order valence-corrected chi connectivity index (χ1v) is 15.2. The van der Waals surface area contributed by atoms with Crippen LogP contribution >= 0.6 is 23.8 Å². The highest BCUT2D eigenvalue weighted by molar-refractivity contribution is 7.78. The van der Waals surface area contributed by atoms with Gasteiger partial charge in [-0.25, -0.2) is 17.6 Å². The summed E-state index contributed by atoms with van der Waals surface area (Å²) in [6.45, 7) is 2.20. The number of fused-ring (bicyclic) bond motifs is 1. The van der Waals surface area contributed by atoms with Gasteiger partial charge in [-0.05, 0) is 114 Å². The van der Waals surface area contributed by atoms with Crippen molar-refractivity contribution in [3.05, 3.63) is 122 Å². The number of rotatable bonds is 7. The molecule has 1 aliphatic carbocycles. The summed E-state index contributed by atoms with van der Waals surface area (Å²) in [4.78, 5) is 3.85. The minimum Gasteiger partial charge on any atom is -0.206 e. The average molecular weight is 630 g/mol. The van der Waals surface area contributed by atoms with Crippen LogP contribution in [0.1, 0.15) is 66.0 Å². The Balaban J connectivity index is 1.34. The molecule has 0 saturated heterocycles. The zero-order valence-electron chi connectivity index (χ0n) is 24.0. The van der Waals surface area contributed by atoms with Crippen molar-refractivity contribution in [3.8, 4) is 23.0 Å². The van der Waals surface area contributed by atoms with Crippen LogP contribution in [-0.2, 0) is 12.8 Å². The number of nitrogens with zero attached hydrogens (tertiary/aromatic N) is 1. The van der Waals surface area contributed by atoms with E-state index in [-0.39, 0.29) is 5.56 Å². The maximum Gasteiger partial charge on any atom is 0.134 e. The van der Waals surface area contributed by atoms with Gasteiger partial charge in [0.15, 0.2) is 0 Å². The summed E-state index contributed by atoms with van der Waals surface area (Å²) in [5.41, 5.74) is 3.64. The lowest BCUT2D eigenvalue weighted by Crippen LogP contribution is -2.15. The molecule has 44 heavy (non-hydrogen) atoms. The number of halogens is 5. The molecule has 0 saturated carbocycles. The molecule has 5 rings (SSSR count). The third kappa shape index (κ3) is 7.20. The number of aliphatic imine (C=N–C) groups is 1. The average Bonchev–Trinajstić information content (AvgIpc) is 3.00. The van der Waals surface area contributed by atoms with Crippen LogP contribution in [0.4, 0.5) is 23.2 Å². The van der Waals surface area contributed by atoms with E-state index in [1.807, 2.05) is 6.07 Å². The fourth-order valence-corrected chi connectivity index (χ4v) is 5.96. The van der Waals surface area contributed by atoms with E-state index < -0.39 is 34.4 Å². The maximum atomic E-state index is 15.0. The molecule has 0 spiro atoms. The monoisotopic (exact) mass is 629 g/mol. The first-order valence-electron chi connectivity index (χ1n) is 14.4. The summed E-state index contributed by atoms with van der Waals surface area (Å²) in [7, 11) is 0. The molecule has 1 atom stereocenters. The Labute approximate surface area is 265 Å². The van der Waals surface area contributed by atoms with E-state index in [1.165, 1.54) is 24.8 Å². The fourth-order valence-electron chi connectivity index (χ4n) is 5.53. The van der Waals surface area contributed by atoms with Gasteiger partial charge in [-0.3, -0.25) is 0 Å². The predicted octanol–water partition coefficient (Wildman–Crippen LogP) is 11.2. The molecule has 7 heteroatoms. The lowest BCUT2D eigenvalue weighted by atomic mass is 9.81. The van der Waals surface area contributed by atoms with Crippen molar-refractivity contribution in [3.63, 3.8) is 0 Å². The van der Waals surface area contributed by atoms with Crippen LogP contribution in [0.25, 0.3) is 23.3 Å². The minimum atomic E-state index is -0.906. The molecule has 1 unspecified atom stereocenters. The van der Waals surface area contributed by atoms with Crippen molar-refractivity contribution >= 4 is 46.8 Å². The van der Waals surface area contributed by atoms with E-state index in [4.69, 9.17) is 11.6 Å². The van der Waals surface area contributed by atoms with Crippen molar-refractivity contribution < 1.29 is 17.6 Å². The van der Waals surface area contributed by atoms with Crippen molar-refractivity contribution in [2.45, 2.75) is 45.4 Å². The van der Waals surface area contributed by atoms with Gasteiger partial charge in [0.1, 0.15) is 23.3 Å². The molecule has 0 N–H and O–H groups in total. The SMILES string of the molecule is CCCCC1CCc2c(ccc(C#Cc3cc(F)c(/C=C/c4c(F)cc(-c5ccc(N=C=S)cc5)cc4F)c(F)c3)c2Cl)C1. The Morgan fingerprint density at radius 2 is 1.50 bits per heavy atom. The summed E-state index contributed by atoms with van der Waals surface area (Å²) < 4.78 is 59.7. The number of isothiocyanates is 1. The zero-order chi connectivity index (χ0) is 31.2. The van der Waals surface area contributed by atoms with E-state index in [0.29, 0.717) is 33.3 Å². The number of hydrogen-bond donors (Lipinski definition) is 0. The highest BCUT2D eigenvalue weighted by atomic mass is 35.5. The Morgan fingerprint density at radius 3 is 2.11 bits per heavy atom. The first-order chi connectivity index (χ1) is 21.3. The maximum absolute atomic E-state index is 15.0. The molecule has 4 aromatic rings. The van der Waals surface area contributed by atoms with Crippen LogP contribution in [0.5, 0.6) is 0 Å². The predicted molar refractivity (Wildman–Crippen MR) is 174 cm³/mol. The Morgan fingerprint density at radius 1 is 0.864 bits per heavy atom. The molecule has 222 valence electrons. The molecule has 1 nitrogen and oxygen atoms in total. The van der Waals surface area contributed by atoms with E-state index in [2.05, 4.69) is 47.2 Å². The lowest BCUT2D eigenvalue weighted by molar-refractivity contribution is 0.413. The molecule has 0 aromatic heterocycles. The second kappa shape index (κ2) is 14.2. The van der Waals surface area contributed by atoms with Gasteiger partial charge < -0.3 is 0 Å². The molecule has 1 aliphatic rings. The van der Waals surface area contributed by atoms with Gasteiger partial charge in [-0.15, -0.1) is 0 Å². The third-order valence-corrected chi connectivity index (χ3v) is 8.43. The van der Waals surface area contributed by atoms with Crippen LogP contribution in [0.3, 0.4) is 0 Å². The van der Waals surface area contributed by atoms with Crippen LogP contribution in [0.15, 0.2) is 65.7 Å².